The summed E-state index contributed by atoms with van der Waals surface area (Å²) in [6, 6.07) is 14.9. The standard InChI is InChI=1S/C27H30N6O5/c1-17-30-32-24(33-31-17)13-14-25(34)28-15-7-6-12-23(26(35)36)29-27(37)38-16-22-20-10-4-2-8-18(20)19-9-3-5-11-21(19)22/h2-5,8-11,22-23H,6-7,12-16H2,1H3,(H,28,34)(H,29,37)(H,35,36)/t23-/m0/s1. The number of hydrogen-bond donors (Lipinski definition) is 3. The van der Waals surface area contributed by atoms with Gasteiger partial charge >= 0.3 is 12.1 Å². The van der Waals surface area contributed by atoms with E-state index in [1.165, 1.54) is 0 Å². The van der Waals surface area contributed by atoms with Crippen LogP contribution in [0.4, 0.5) is 4.79 Å². The Morgan fingerprint density at radius 1 is 0.947 bits per heavy atom. The van der Waals surface area contributed by atoms with Crippen LogP contribution < -0.4 is 10.6 Å². The first-order chi connectivity index (χ1) is 18.4. The van der Waals surface area contributed by atoms with E-state index in [0.29, 0.717) is 37.5 Å². The number of carboxylic acids is 1. The topological polar surface area (TPSA) is 156 Å². The highest BCUT2D eigenvalue weighted by Gasteiger charge is 2.29. The number of hydrogen-bond acceptors (Lipinski definition) is 8. The number of aliphatic carboxylic acids is 1. The van der Waals surface area contributed by atoms with Gasteiger partial charge < -0.3 is 20.5 Å². The number of fused-ring (bicyclic) bond motifs is 3. The second-order valence-electron chi connectivity index (χ2n) is 9.07. The van der Waals surface area contributed by atoms with Crippen molar-refractivity contribution in [3.05, 3.63) is 71.3 Å². The third-order valence-electron chi connectivity index (χ3n) is 6.37. The number of benzene rings is 2. The van der Waals surface area contributed by atoms with E-state index >= 15 is 0 Å². The van der Waals surface area contributed by atoms with E-state index in [9.17, 15) is 19.5 Å². The molecule has 1 aliphatic rings. The molecule has 0 unspecified atom stereocenters. The van der Waals surface area contributed by atoms with Crippen LogP contribution in [0.2, 0.25) is 0 Å². The highest BCUT2D eigenvalue weighted by molar-refractivity contribution is 5.81. The summed E-state index contributed by atoms with van der Waals surface area (Å²) < 4.78 is 5.46. The van der Waals surface area contributed by atoms with Gasteiger partial charge in [0, 0.05) is 25.3 Å². The molecule has 1 aliphatic carbocycles. The van der Waals surface area contributed by atoms with Crippen molar-refractivity contribution in [3.8, 4) is 11.1 Å². The molecule has 0 saturated heterocycles. The fraction of sp³-hybridized carbons (Fsp3) is 0.370. The number of aryl methyl sites for hydroxylation is 2. The molecular formula is C27H30N6O5. The lowest BCUT2D eigenvalue weighted by Crippen LogP contribution is -2.41. The lowest BCUT2D eigenvalue weighted by molar-refractivity contribution is -0.139. The summed E-state index contributed by atoms with van der Waals surface area (Å²) >= 11 is 0. The summed E-state index contributed by atoms with van der Waals surface area (Å²) in [5.74, 6) is -0.547. The summed E-state index contributed by atoms with van der Waals surface area (Å²) in [5.41, 5.74) is 4.39. The van der Waals surface area contributed by atoms with Crippen molar-refractivity contribution in [2.24, 2.45) is 0 Å². The smallest absolute Gasteiger partial charge is 0.407 e. The maximum Gasteiger partial charge on any atom is 0.407 e. The van der Waals surface area contributed by atoms with Crippen LogP contribution in [0.3, 0.4) is 0 Å². The van der Waals surface area contributed by atoms with Gasteiger partial charge in [0.15, 0.2) is 11.6 Å². The zero-order valence-electron chi connectivity index (χ0n) is 21.1. The van der Waals surface area contributed by atoms with Crippen molar-refractivity contribution >= 4 is 18.0 Å². The number of aromatic nitrogens is 4. The van der Waals surface area contributed by atoms with Crippen LogP contribution >= 0.6 is 0 Å². The van der Waals surface area contributed by atoms with Gasteiger partial charge in [-0.15, -0.1) is 20.4 Å². The Bertz CT molecular complexity index is 1240. The van der Waals surface area contributed by atoms with Crippen molar-refractivity contribution < 1.29 is 24.2 Å². The number of rotatable bonds is 12. The van der Waals surface area contributed by atoms with Gasteiger partial charge in [0.2, 0.25) is 5.91 Å². The molecule has 0 saturated carbocycles. The second kappa shape index (κ2) is 12.7. The molecule has 38 heavy (non-hydrogen) atoms. The van der Waals surface area contributed by atoms with E-state index in [2.05, 4.69) is 31.0 Å². The van der Waals surface area contributed by atoms with E-state index in [0.717, 1.165) is 22.3 Å². The SMILES string of the molecule is Cc1nnc(CCC(=O)NCCCC[C@H](NC(=O)OCC2c3ccccc3-c3ccccc32)C(=O)O)nn1. The van der Waals surface area contributed by atoms with Gasteiger partial charge in [0.1, 0.15) is 12.6 Å². The van der Waals surface area contributed by atoms with Gasteiger partial charge in [-0.3, -0.25) is 4.79 Å². The lowest BCUT2D eigenvalue weighted by atomic mass is 9.98. The van der Waals surface area contributed by atoms with Crippen LogP contribution in [-0.4, -0.2) is 62.7 Å². The molecule has 1 atom stereocenters. The minimum atomic E-state index is -1.14. The minimum Gasteiger partial charge on any atom is -0.480 e. The first-order valence-corrected chi connectivity index (χ1v) is 12.6. The zero-order valence-corrected chi connectivity index (χ0v) is 21.1. The van der Waals surface area contributed by atoms with Crippen LogP contribution in [0, 0.1) is 6.92 Å². The van der Waals surface area contributed by atoms with Gasteiger partial charge in [-0.25, -0.2) is 9.59 Å². The molecule has 2 aromatic carbocycles. The molecule has 3 N–H and O–H groups in total. The molecule has 4 rings (SSSR count). The van der Waals surface area contributed by atoms with Gasteiger partial charge in [0.05, 0.1) is 0 Å². The van der Waals surface area contributed by atoms with Crippen molar-refractivity contribution in [3.63, 3.8) is 0 Å². The van der Waals surface area contributed by atoms with Crippen LogP contribution in [0.1, 0.15) is 54.4 Å². The molecule has 3 aromatic rings. The molecule has 0 spiro atoms. The lowest BCUT2D eigenvalue weighted by Gasteiger charge is -2.17. The van der Waals surface area contributed by atoms with E-state index in [1.807, 2.05) is 48.5 Å². The maximum atomic E-state index is 12.5. The minimum absolute atomic E-state index is 0.106. The molecule has 11 nitrogen and oxygen atoms in total. The first kappa shape index (κ1) is 26.6. The summed E-state index contributed by atoms with van der Waals surface area (Å²) in [5, 5.41) is 30.1. The molecule has 11 heteroatoms. The van der Waals surface area contributed by atoms with Gasteiger partial charge in [0.25, 0.3) is 0 Å². The van der Waals surface area contributed by atoms with Crippen molar-refractivity contribution in [1.82, 2.24) is 31.0 Å². The number of ether oxygens (including phenoxy) is 1. The highest BCUT2D eigenvalue weighted by atomic mass is 16.5. The summed E-state index contributed by atoms with van der Waals surface area (Å²) in [7, 11) is 0. The first-order valence-electron chi connectivity index (χ1n) is 12.6. The third-order valence-corrected chi connectivity index (χ3v) is 6.37. The average Bonchev–Trinajstić information content (AvgIpc) is 3.24. The van der Waals surface area contributed by atoms with Crippen LogP contribution in [0.25, 0.3) is 11.1 Å². The van der Waals surface area contributed by atoms with Gasteiger partial charge in [-0.2, -0.15) is 0 Å². The van der Waals surface area contributed by atoms with E-state index in [-0.39, 0.29) is 31.3 Å². The number of carbonyl (C=O) groups excluding carboxylic acids is 2. The quantitative estimate of drug-likeness (QED) is 0.307. The van der Waals surface area contributed by atoms with Crippen molar-refractivity contribution in [1.29, 1.82) is 0 Å². The fourth-order valence-corrected chi connectivity index (χ4v) is 4.45. The van der Waals surface area contributed by atoms with E-state index in [1.54, 1.807) is 6.92 Å². The van der Waals surface area contributed by atoms with Crippen molar-refractivity contribution in [2.45, 2.75) is 51.0 Å². The number of alkyl carbamates (subject to hydrolysis) is 1. The molecule has 0 radical (unpaired) electrons. The molecule has 0 aliphatic heterocycles. The number of nitrogens with zero attached hydrogens (tertiary/aromatic N) is 4. The molecule has 198 valence electrons. The highest BCUT2D eigenvalue weighted by Crippen LogP contribution is 2.44. The van der Waals surface area contributed by atoms with Crippen LogP contribution in [-0.2, 0) is 20.7 Å². The second-order valence-corrected chi connectivity index (χ2v) is 9.07. The molecule has 2 amide bonds. The predicted octanol–water partition coefficient (Wildman–Crippen LogP) is 2.79. The molecule has 1 heterocycles. The third kappa shape index (κ3) is 6.87. The largest absolute Gasteiger partial charge is 0.480 e. The van der Waals surface area contributed by atoms with E-state index < -0.39 is 18.1 Å². The number of carbonyl (C=O) groups is 3. The fourth-order valence-electron chi connectivity index (χ4n) is 4.45. The summed E-state index contributed by atoms with van der Waals surface area (Å²) in [6.07, 6.45) is 1.03. The number of amides is 2. The van der Waals surface area contributed by atoms with Crippen molar-refractivity contribution in [2.75, 3.05) is 13.2 Å². The number of nitrogens with one attached hydrogen (secondary N) is 2. The van der Waals surface area contributed by atoms with Gasteiger partial charge in [-0.1, -0.05) is 48.5 Å². The molecule has 0 bridgehead atoms. The zero-order chi connectivity index (χ0) is 26.9. The Labute approximate surface area is 220 Å². The maximum absolute atomic E-state index is 12.5. The summed E-state index contributed by atoms with van der Waals surface area (Å²) in [4.78, 5) is 36.1. The Morgan fingerprint density at radius 3 is 2.21 bits per heavy atom. The van der Waals surface area contributed by atoms with Gasteiger partial charge in [-0.05, 0) is 48.4 Å². The predicted molar refractivity (Wildman–Crippen MR) is 137 cm³/mol. The Balaban J connectivity index is 1.17. The van der Waals surface area contributed by atoms with Crippen LogP contribution in [0.15, 0.2) is 48.5 Å². The van der Waals surface area contributed by atoms with Crippen LogP contribution in [0.5, 0.6) is 0 Å². The number of carboxylic acid groups (broad SMARTS) is 1. The number of unbranched alkanes of at least 4 members (excludes halogenated alkanes) is 1. The Morgan fingerprint density at radius 2 is 1.58 bits per heavy atom. The Hall–Kier alpha value is -4.41. The molecule has 0 fully saturated rings. The monoisotopic (exact) mass is 518 g/mol. The van der Waals surface area contributed by atoms with E-state index in [4.69, 9.17) is 4.74 Å². The molecular weight excluding hydrogens is 488 g/mol. The normalized spacial score (nSPS) is 12.8. The average molecular weight is 519 g/mol. The Kier molecular flexibility index (Phi) is 8.91. The summed E-state index contributed by atoms with van der Waals surface area (Å²) in [6.45, 7) is 2.18. The molecule has 1 aromatic heterocycles.